The molecule has 0 unspecified atom stereocenters. The molecule has 0 aliphatic heterocycles. The van der Waals surface area contributed by atoms with Gasteiger partial charge >= 0.3 is 0 Å². The van der Waals surface area contributed by atoms with Gasteiger partial charge in [0.15, 0.2) is 0 Å². The van der Waals surface area contributed by atoms with Gasteiger partial charge in [0.25, 0.3) is 5.91 Å². The molecule has 0 heterocycles. The van der Waals surface area contributed by atoms with Crippen LogP contribution < -0.4 is 5.43 Å². The molecular formula is C11H25N2O+. The van der Waals surface area contributed by atoms with Gasteiger partial charge in [0, 0.05) is 6.42 Å². The number of hydrogen-bond donors (Lipinski definition) is 1. The Hall–Kier alpha value is -0.570. The van der Waals surface area contributed by atoms with Gasteiger partial charge in [-0.05, 0) is 12.8 Å². The summed E-state index contributed by atoms with van der Waals surface area (Å²) >= 11 is 0. The first-order chi connectivity index (χ1) is 6.52. The highest BCUT2D eigenvalue weighted by Gasteiger charge is 2.16. The van der Waals surface area contributed by atoms with Crippen molar-refractivity contribution < 1.29 is 9.39 Å². The Morgan fingerprint density at radius 2 is 1.79 bits per heavy atom. The average Bonchev–Trinajstić information content (AvgIpc) is 2.03. The van der Waals surface area contributed by atoms with Crippen LogP contribution in [-0.4, -0.2) is 31.1 Å². The highest BCUT2D eigenvalue weighted by atomic mass is 16.2. The van der Waals surface area contributed by atoms with E-state index in [-0.39, 0.29) is 5.91 Å². The SMILES string of the molecule is CCCCCC(=O)N[N+](C)(C)CCC. The van der Waals surface area contributed by atoms with Crippen LogP contribution in [-0.2, 0) is 4.79 Å². The molecule has 0 aromatic heterocycles. The van der Waals surface area contributed by atoms with Crippen molar-refractivity contribution >= 4 is 5.91 Å². The highest BCUT2D eigenvalue weighted by Crippen LogP contribution is 2.00. The minimum Gasteiger partial charge on any atom is -0.270 e. The maximum atomic E-state index is 11.5. The lowest BCUT2D eigenvalue weighted by molar-refractivity contribution is -0.925. The lowest BCUT2D eigenvalue weighted by Gasteiger charge is -2.28. The lowest BCUT2D eigenvalue weighted by atomic mass is 10.2. The van der Waals surface area contributed by atoms with Crippen molar-refractivity contribution in [3.8, 4) is 0 Å². The number of nitrogens with zero attached hydrogens (tertiary/aromatic N) is 1. The van der Waals surface area contributed by atoms with Gasteiger partial charge in [-0.25, -0.2) is 10.0 Å². The summed E-state index contributed by atoms with van der Waals surface area (Å²) in [6.07, 6.45) is 5.07. The minimum atomic E-state index is 0.178. The summed E-state index contributed by atoms with van der Waals surface area (Å²) in [4.78, 5) is 11.5. The zero-order chi connectivity index (χ0) is 11.0. The molecule has 0 bridgehead atoms. The predicted octanol–water partition coefficient (Wildman–Crippen LogP) is 2.08. The second-order valence-corrected chi connectivity index (χ2v) is 4.40. The van der Waals surface area contributed by atoms with Crippen LogP contribution in [0.4, 0.5) is 0 Å². The Labute approximate surface area is 88.0 Å². The summed E-state index contributed by atoms with van der Waals surface area (Å²) in [5, 5.41) is 0. The molecule has 0 saturated heterocycles. The third-order valence-electron chi connectivity index (χ3n) is 2.22. The molecule has 0 aromatic carbocycles. The quantitative estimate of drug-likeness (QED) is 0.381. The van der Waals surface area contributed by atoms with Gasteiger partial charge in [-0.15, -0.1) is 0 Å². The second kappa shape index (κ2) is 6.82. The molecule has 84 valence electrons. The molecule has 0 fully saturated rings. The van der Waals surface area contributed by atoms with E-state index in [1.165, 1.54) is 6.42 Å². The molecule has 1 amide bonds. The van der Waals surface area contributed by atoms with Crippen LogP contribution in [0.3, 0.4) is 0 Å². The molecule has 3 heteroatoms. The van der Waals surface area contributed by atoms with E-state index in [1.54, 1.807) is 0 Å². The van der Waals surface area contributed by atoms with Crippen molar-refractivity contribution in [2.45, 2.75) is 46.0 Å². The molecule has 0 aliphatic rings. The van der Waals surface area contributed by atoms with Crippen LogP contribution >= 0.6 is 0 Å². The van der Waals surface area contributed by atoms with E-state index in [0.717, 1.165) is 25.8 Å². The molecule has 3 nitrogen and oxygen atoms in total. The van der Waals surface area contributed by atoms with Crippen LogP contribution in [0, 0.1) is 0 Å². The van der Waals surface area contributed by atoms with Gasteiger partial charge in [0.2, 0.25) is 0 Å². The Morgan fingerprint density at radius 1 is 1.14 bits per heavy atom. The predicted molar refractivity (Wildman–Crippen MR) is 59.6 cm³/mol. The van der Waals surface area contributed by atoms with E-state index in [4.69, 9.17) is 0 Å². The van der Waals surface area contributed by atoms with Gasteiger partial charge in [-0.2, -0.15) is 0 Å². The molecular weight excluding hydrogens is 176 g/mol. The smallest absolute Gasteiger partial charge is 0.264 e. The number of amides is 1. The first kappa shape index (κ1) is 13.4. The van der Waals surface area contributed by atoms with Gasteiger partial charge in [-0.3, -0.25) is 4.79 Å². The molecule has 0 aliphatic carbocycles. The fourth-order valence-electron chi connectivity index (χ4n) is 1.54. The van der Waals surface area contributed by atoms with Crippen LogP contribution in [0.15, 0.2) is 0 Å². The largest absolute Gasteiger partial charge is 0.270 e. The molecule has 0 atom stereocenters. The Balaban J connectivity index is 3.69. The molecule has 0 radical (unpaired) electrons. The van der Waals surface area contributed by atoms with Crippen molar-refractivity contribution in [3.63, 3.8) is 0 Å². The summed E-state index contributed by atoms with van der Waals surface area (Å²) < 4.78 is 0.599. The maximum Gasteiger partial charge on any atom is 0.264 e. The number of unbranched alkanes of at least 4 members (excludes halogenated alkanes) is 2. The van der Waals surface area contributed by atoms with Crippen molar-refractivity contribution in [2.24, 2.45) is 0 Å². The van der Waals surface area contributed by atoms with Gasteiger partial charge in [-0.1, -0.05) is 26.7 Å². The summed E-state index contributed by atoms with van der Waals surface area (Å²) in [5.74, 6) is 0.178. The van der Waals surface area contributed by atoms with Crippen LogP contribution in [0.25, 0.3) is 0 Å². The van der Waals surface area contributed by atoms with Gasteiger partial charge < -0.3 is 0 Å². The zero-order valence-electron chi connectivity index (χ0n) is 10.1. The van der Waals surface area contributed by atoms with E-state index in [1.807, 2.05) is 14.1 Å². The number of nitrogens with one attached hydrogen (secondary N) is 1. The molecule has 0 rings (SSSR count). The fourth-order valence-corrected chi connectivity index (χ4v) is 1.54. The summed E-state index contributed by atoms with van der Waals surface area (Å²) in [6, 6.07) is 0. The first-order valence-corrected chi connectivity index (χ1v) is 5.66. The fraction of sp³-hybridized carbons (Fsp3) is 0.909. The topological polar surface area (TPSA) is 29.1 Å². The molecule has 1 N–H and O–H groups in total. The summed E-state index contributed by atoms with van der Waals surface area (Å²) in [5.41, 5.74) is 3.01. The van der Waals surface area contributed by atoms with Gasteiger partial charge in [0.05, 0.1) is 14.1 Å². The highest BCUT2D eigenvalue weighted by molar-refractivity contribution is 5.74. The number of carbonyl (C=O) groups excluding carboxylic acids is 1. The molecule has 14 heavy (non-hydrogen) atoms. The average molecular weight is 201 g/mol. The van der Waals surface area contributed by atoms with E-state index in [0.29, 0.717) is 11.0 Å². The maximum absolute atomic E-state index is 11.5. The van der Waals surface area contributed by atoms with E-state index < -0.39 is 0 Å². The molecule has 0 saturated carbocycles. The van der Waals surface area contributed by atoms with Crippen molar-refractivity contribution in [2.75, 3.05) is 20.6 Å². The van der Waals surface area contributed by atoms with Crippen molar-refractivity contribution in [3.05, 3.63) is 0 Å². The zero-order valence-corrected chi connectivity index (χ0v) is 10.1. The van der Waals surface area contributed by atoms with E-state index in [2.05, 4.69) is 19.3 Å². The van der Waals surface area contributed by atoms with E-state index in [9.17, 15) is 4.79 Å². The number of rotatable bonds is 7. The van der Waals surface area contributed by atoms with Crippen molar-refractivity contribution in [1.82, 2.24) is 5.43 Å². The van der Waals surface area contributed by atoms with Crippen LogP contribution in [0.2, 0.25) is 0 Å². The first-order valence-electron chi connectivity index (χ1n) is 5.66. The second-order valence-electron chi connectivity index (χ2n) is 4.40. The Morgan fingerprint density at radius 3 is 2.29 bits per heavy atom. The number of hydrogen-bond acceptors (Lipinski definition) is 1. The molecule has 0 spiro atoms. The van der Waals surface area contributed by atoms with Crippen LogP contribution in [0.5, 0.6) is 0 Å². The normalized spacial score (nSPS) is 11.4. The number of quaternary nitrogens is 1. The summed E-state index contributed by atoms with van der Waals surface area (Å²) in [7, 11) is 4.06. The standard InChI is InChI=1S/C11H24N2O/c1-5-7-8-9-11(14)12-13(3,4)10-6-2/h5-10H2,1-4H3/p+1. The minimum absolute atomic E-state index is 0.178. The monoisotopic (exact) mass is 201 g/mol. The Kier molecular flexibility index (Phi) is 6.54. The van der Waals surface area contributed by atoms with E-state index >= 15 is 0 Å². The van der Waals surface area contributed by atoms with Crippen molar-refractivity contribution in [1.29, 1.82) is 0 Å². The van der Waals surface area contributed by atoms with Crippen LogP contribution in [0.1, 0.15) is 46.0 Å². The number of carbonyl (C=O) groups is 1. The lowest BCUT2D eigenvalue weighted by Crippen LogP contribution is -2.54. The third-order valence-corrected chi connectivity index (χ3v) is 2.22. The molecule has 0 aromatic rings. The summed E-state index contributed by atoms with van der Waals surface area (Å²) in [6.45, 7) is 5.26. The third kappa shape index (κ3) is 6.89. The Bertz CT molecular complexity index is 167. The van der Waals surface area contributed by atoms with Gasteiger partial charge in [0.1, 0.15) is 6.54 Å².